The van der Waals surface area contributed by atoms with Gasteiger partial charge in [-0.25, -0.2) is 0 Å². The first-order valence-electron chi connectivity index (χ1n) is 4.78. The summed E-state index contributed by atoms with van der Waals surface area (Å²) in [5, 5.41) is 0. The summed E-state index contributed by atoms with van der Waals surface area (Å²) >= 11 is 1.72. The molecular formula is C12H12N2S. The van der Waals surface area contributed by atoms with Crippen molar-refractivity contribution in [2.75, 3.05) is 0 Å². The lowest BCUT2D eigenvalue weighted by molar-refractivity contribution is 1.09. The van der Waals surface area contributed by atoms with Gasteiger partial charge in [-0.15, -0.1) is 0 Å². The van der Waals surface area contributed by atoms with E-state index in [1.165, 1.54) is 9.79 Å². The van der Waals surface area contributed by atoms with Crippen LogP contribution in [-0.4, -0.2) is 9.97 Å². The van der Waals surface area contributed by atoms with E-state index in [2.05, 4.69) is 22.1 Å². The van der Waals surface area contributed by atoms with Gasteiger partial charge >= 0.3 is 0 Å². The van der Waals surface area contributed by atoms with Gasteiger partial charge in [0.2, 0.25) is 0 Å². The number of aromatic nitrogens is 2. The Morgan fingerprint density at radius 1 is 0.867 bits per heavy atom. The fourth-order valence-electron chi connectivity index (χ4n) is 1.27. The van der Waals surface area contributed by atoms with Gasteiger partial charge in [-0.05, 0) is 38.1 Å². The molecule has 0 radical (unpaired) electrons. The van der Waals surface area contributed by atoms with Gasteiger partial charge in [0.1, 0.15) is 0 Å². The van der Waals surface area contributed by atoms with Crippen LogP contribution >= 0.6 is 11.8 Å². The van der Waals surface area contributed by atoms with Crippen molar-refractivity contribution in [2.24, 2.45) is 0 Å². The van der Waals surface area contributed by atoms with Gasteiger partial charge in [0.25, 0.3) is 0 Å². The fourth-order valence-corrected chi connectivity index (χ4v) is 2.20. The Balaban J connectivity index is 2.30. The van der Waals surface area contributed by atoms with Crippen molar-refractivity contribution in [1.82, 2.24) is 9.97 Å². The van der Waals surface area contributed by atoms with Gasteiger partial charge in [0.15, 0.2) is 0 Å². The molecule has 2 heterocycles. The third kappa shape index (κ3) is 2.36. The molecule has 0 aliphatic heterocycles. The molecule has 0 spiro atoms. The van der Waals surface area contributed by atoms with Crippen LogP contribution in [0.3, 0.4) is 0 Å². The van der Waals surface area contributed by atoms with E-state index in [0.717, 1.165) is 11.4 Å². The van der Waals surface area contributed by atoms with Crippen LogP contribution in [0, 0.1) is 13.8 Å². The van der Waals surface area contributed by atoms with Gasteiger partial charge in [0, 0.05) is 22.2 Å². The van der Waals surface area contributed by atoms with Crippen molar-refractivity contribution < 1.29 is 0 Å². The number of aryl methyl sites for hydroxylation is 2. The summed E-state index contributed by atoms with van der Waals surface area (Å²) < 4.78 is 0. The zero-order valence-corrected chi connectivity index (χ0v) is 9.58. The fraction of sp³-hybridized carbons (Fsp3) is 0.167. The molecule has 2 rings (SSSR count). The van der Waals surface area contributed by atoms with Crippen molar-refractivity contribution in [2.45, 2.75) is 23.6 Å². The second-order valence-electron chi connectivity index (χ2n) is 3.28. The van der Waals surface area contributed by atoms with E-state index in [4.69, 9.17) is 0 Å². The van der Waals surface area contributed by atoms with Crippen LogP contribution in [0.2, 0.25) is 0 Å². The maximum Gasteiger partial charge on any atom is 0.0511 e. The quantitative estimate of drug-likeness (QED) is 0.770. The molecule has 0 bridgehead atoms. The lowest BCUT2D eigenvalue weighted by atomic mass is 10.4. The lowest BCUT2D eigenvalue weighted by Crippen LogP contribution is -1.87. The van der Waals surface area contributed by atoms with E-state index in [-0.39, 0.29) is 0 Å². The first-order valence-corrected chi connectivity index (χ1v) is 5.60. The van der Waals surface area contributed by atoms with Crippen LogP contribution < -0.4 is 0 Å². The summed E-state index contributed by atoms with van der Waals surface area (Å²) in [5.41, 5.74) is 2.12. The molecule has 0 aliphatic carbocycles. The molecule has 0 unspecified atom stereocenters. The van der Waals surface area contributed by atoms with Crippen molar-refractivity contribution in [3.63, 3.8) is 0 Å². The van der Waals surface area contributed by atoms with Crippen LogP contribution in [-0.2, 0) is 0 Å². The Bertz CT molecular complexity index is 425. The molecular weight excluding hydrogens is 204 g/mol. The zero-order valence-electron chi connectivity index (χ0n) is 8.77. The van der Waals surface area contributed by atoms with Crippen molar-refractivity contribution >= 4 is 11.8 Å². The molecule has 0 amide bonds. The summed E-state index contributed by atoms with van der Waals surface area (Å²) in [4.78, 5) is 10.9. The molecule has 2 aromatic heterocycles. The minimum Gasteiger partial charge on any atom is -0.260 e. The molecule has 0 atom stereocenters. The van der Waals surface area contributed by atoms with E-state index in [1.54, 1.807) is 11.8 Å². The standard InChI is InChI=1S/C12H12N2S/c1-9-11(5-3-7-13-9)15-12-6-4-8-14-10(12)2/h3-8H,1-2H3. The third-order valence-corrected chi connectivity index (χ3v) is 3.44. The molecule has 0 aromatic carbocycles. The average molecular weight is 216 g/mol. The van der Waals surface area contributed by atoms with Crippen molar-refractivity contribution in [1.29, 1.82) is 0 Å². The van der Waals surface area contributed by atoms with Gasteiger partial charge < -0.3 is 0 Å². The summed E-state index contributed by atoms with van der Waals surface area (Å²) in [5.74, 6) is 0. The Morgan fingerprint density at radius 3 is 1.73 bits per heavy atom. The molecule has 0 saturated carbocycles. The number of nitrogens with zero attached hydrogens (tertiary/aromatic N) is 2. The highest BCUT2D eigenvalue weighted by Crippen LogP contribution is 2.30. The molecule has 76 valence electrons. The monoisotopic (exact) mass is 216 g/mol. The highest BCUT2D eigenvalue weighted by Gasteiger charge is 2.03. The van der Waals surface area contributed by atoms with E-state index < -0.39 is 0 Å². The molecule has 0 fully saturated rings. The maximum absolute atomic E-state index is 4.26. The Hall–Kier alpha value is -1.35. The van der Waals surface area contributed by atoms with Gasteiger partial charge in [-0.3, -0.25) is 9.97 Å². The average Bonchev–Trinajstić information content (AvgIpc) is 2.24. The molecule has 0 aliphatic rings. The van der Waals surface area contributed by atoms with Crippen LogP contribution in [0.1, 0.15) is 11.4 Å². The summed E-state index contributed by atoms with van der Waals surface area (Å²) in [6, 6.07) is 8.08. The molecule has 0 N–H and O–H groups in total. The zero-order chi connectivity index (χ0) is 10.7. The van der Waals surface area contributed by atoms with Gasteiger partial charge in [-0.1, -0.05) is 11.8 Å². The Morgan fingerprint density at radius 2 is 1.33 bits per heavy atom. The number of rotatable bonds is 2. The summed E-state index contributed by atoms with van der Waals surface area (Å²) in [7, 11) is 0. The Labute approximate surface area is 93.8 Å². The smallest absolute Gasteiger partial charge is 0.0511 e. The van der Waals surface area contributed by atoms with Gasteiger partial charge in [0.05, 0.1) is 11.4 Å². The second-order valence-corrected chi connectivity index (χ2v) is 4.36. The molecule has 3 heteroatoms. The number of hydrogen-bond acceptors (Lipinski definition) is 3. The lowest BCUT2D eigenvalue weighted by Gasteiger charge is -2.05. The van der Waals surface area contributed by atoms with Crippen LogP contribution in [0.15, 0.2) is 46.5 Å². The predicted molar refractivity (Wildman–Crippen MR) is 62.1 cm³/mol. The minimum atomic E-state index is 1.06. The summed E-state index contributed by atoms with van der Waals surface area (Å²) in [6.45, 7) is 4.04. The number of pyridine rings is 2. The van der Waals surface area contributed by atoms with Crippen molar-refractivity contribution in [3.8, 4) is 0 Å². The third-order valence-electron chi connectivity index (χ3n) is 2.14. The minimum absolute atomic E-state index is 1.06. The maximum atomic E-state index is 4.26. The SMILES string of the molecule is Cc1ncccc1Sc1cccnc1C. The van der Waals surface area contributed by atoms with E-state index >= 15 is 0 Å². The first-order chi connectivity index (χ1) is 7.27. The summed E-state index contributed by atoms with van der Waals surface area (Å²) in [6.07, 6.45) is 3.63. The second kappa shape index (κ2) is 4.45. The van der Waals surface area contributed by atoms with E-state index in [0.29, 0.717) is 0 Å². The van der Waals surface area contributed by atoms with Crippen LogP contribution in [0.4, 0.5) is 0 Å². The number of hydrogen-bond donors (Lipinski definition) is 0. The normalized spacial score (nSPS) is 10.3. The molecule has 2 aromatic rings. The molecule has 0 saturated heterocycles. The van der Waals surface area contributed by atoms with Crippen molar-refractivity contribution in [3.05, 3.63) is 48.0 Å². The topological polar surface area (TPSA) is 25.8 Å². The van der Waals surface area contributed by atoms with Crippen LogP contribution in [0.5, 0.6) is 0 Å². The first kappa shape index (κ1) is 10.2. The van der Waals surface area contributed by atoms with E-state index in [9.17, 15) is 0 Å². The van der Waals surface area contributed by atoms with Gasteiger partial charge in [-0.2, -0.15) is 0 Å². The molecule has 2 nitrogen and oxygen atoms in total. The Kier molecular flexibility index (Phi) is 3.02. The largest absolute Gasteiger partial charge is 0.260 e. The molecule has 15 heavy (non-hydrogen) atoms. The van der Waals surface area contributed by atoms with Crippen LogP contribution in [0.25, 0.3) is 0 Å². The predicted octanol–water partition coefficient (Wildman–Crippen LogP) is 3.24. The van der Waals surface area contributed by atoms with E-state index in [1.807, 2.05) is 38.4 Å². The highest BCUT2D eigenvalue weighted by molar-refractivity contribution is 7.99. The highest BCUT2D eigenvalue weighted by atomic mass is 32.2.